The van der Waals surface area contributed by atoms with E-state index in [0.717, 1.165) is 34.2 Å². The average molecular weight is 225 g/mol. The molecule has 2 rings (SSSR count). The number of aldehydes is 1. The van der Waals surface area contributed by atoms with Crippen molar-refractivity contribution in [1.82, 2.24) is 0 Å². The largest absolute Gasteiger partial charge is 0.399 e. The van der Waals surface area contributed by atoms with Gasteiger partial charge < -0.3 is 5.73 Å². The van der Waals surface area contributed by atoms with Gasteiger partial charge in [-0.05, 0) is 54.3 Å². The van der Waals surface area contributed by atoms with E-state index in [1.54, 1.807) is 6.07 Å². The first-order valence-corrected chi connectivity index (χ1v) is 5.54. The highest BCUT2D eigenvalue weighted by Crippen LogP contribution is 2.29. The van der Waals surface area contributed by atoms with E-state index >= 15 is 0 Å². The Morgan fingerprint density at radius 3 is 2.29 bits per heavy atom. The number of anilines is 1. The molecule has 0 heterocycles. The van der Waals surface area contributed by atoms with Crippen LogP contribution in [0.15, 0.2) is 36.4 Å². The van der Waals surface area contributed by atoms with Gasteiger partial charge in [0.1, 0.15) is 6.29 Å². The van der Waals surface area contributed by atoms with Crippen LogP contribution in [0.25, 0.3) is 11.1 Å². The van der Waals surface area contributed by atoms with Gasteiger partial charge in [-0.25, -0.2) is 0 Å². The summed E-state index contributed by atoms with van der Waals surface area (Å²) in [5.41, 5.74) is 11.7. The van der Waals surface area contributed by atoms with Crippen LogP contribution in [0.2, 0.25) is 0 Å². The molecular formula is C15H15NO. The number of benzene rings is 2. The summed E-state index contributed by atoms with van der Waals surface area (Å²) in [4.78, 5) is 10.8. The van der Waals surface area contributed by atoms with Gasteiger partial charge in [0.2, 0.25) is 0 Å². The molecule has 0 bridgehead atoms. The Labute approximate surface area is 101 Å². The molecule has 2 heteroatoms. The zero-order valence-electron chi connectivity index (χ0n) is 10.0. The van der Waals surface area contributed by atoms with Gasteiger partial charge in [0, 0.05) is 11.3 Å². The maximum Gasteiger partial charge on any atom is 0.150 e. The molecule has 17 heavy (non-hydrogen) atoms. The van der Waals surface area contributed by atoms with Crippen molar-refractivity contribution < 1.29 is 4.79 Å². The molecule has 0 aliphatic heterocycles. The van der Waals surface area contributed by atoms with E-state index in [1.807, 2.05) is 44.2 Å². The van der Waals surface area contributed by atoms with Crippen LogP contribution >= 0.6 is 0 Å². The zero-order chi connectivity index (χ0) is 12.4. The fraction of sp³-hybridized carbons (Fsp3) is 0.133. The van der Waals surface area contributed by atoms with Crippen molar-refractivity contribution in [3.05, 3.63) is 53.1 Å². The van der Waals surface area contributed by atoms with Crippen molar-refractivity contribution in [1.29, 1.82) is 0 Å². The topological polar surface area (TPSA) is 43.1 Å². The van der Waals surface area contributed by atoms with E-state index in [9.17, 15) is 4.79 Å². The van der Waals surface area contributed by atoms with Gasteiger partial charge in [0.05, 0.1) is 0 Å². The number of nitrogen functional groups attached to an aromatic ring is 1. The Hall–Kier alpha value is -2.09. The molecule has 0 aliphatic rings. The summed E-state index contributed by atoms with van der Waals surface area (Å²) in [7, 11) is 0. The molecule has 0 saturated carbocycles. The third-order valence-corrected chi connectivity index (χ3v) is 2.87. The Balaban J connectivity index is 2.63. The van der Waals surface area contributed by atoms with Gasteiger partial charge in [0.15, 0.2) is 0 Å². The number of carbonyl (C=O) groups excluding carboxylic acids is 1. The lowest BCUT2D eigenvalue weighted by atomic mass is 9.94. The Morgan fingerprint density at radius 2 is 1.71 bits per heavy atom. The fourth-order valence-corrected chi connectivity index (χ4v) is 2.22. The Morgan fingerprint density at radius 1 is 1.06 bits per heavy atom. The Kier molecular flexibility index (Phi) is 2.96. The molecule has 0 radical (unpaired) electrons. The number of hydrogen-bond donors (Lipinski definition) is 1. The molecule has 0 aliphatic carbocycles. The Bertz CT molecular complexity index is 550. The summed E-state index contributed by atoms with van der Waals surface area (Å²) < 4.78 is 0. The highest BCUT2D eigenvalue weighted by atomic mass is 16.1. The first-order chi connectivity index (χ1) is 8.11. The van der Waals surface area contributed by atoms with E-state index in [0.29, 0.717) is 5.56 Å². The van der Waals surface area contributed by atoms with Crippen molar-refractivity contribution in [3.63, 3.8) is 0 Å². The van der Waals surface area contributed by atoms with E-state index in [-0.39, 0.29) is 0 Å². The van der Waals surface area contributed by atoms with Crippen molar-refractivity contribution in [3.8, 4) is 11.1 Å². The standard InChI is InChI=1S/C15H15NO/c1-10-6-14(16)7-11(2)15(10)13-5-3-4-12(8-13)9-17/h3-9H,16H2,1-2H3. The van der Waals surface area contributed by atoms with Crippen LogP contribution in [-0.2, 0) is 0 Å². The third-order valence-electron chi connectivity index (χ3n) is 2.87. The smallest absolute Gasteiger partial charge is 0.150 e. The molecule has 0 aromatic heterocycles. The molecule has 0 fully saturated rings. The van der Waals surface area contributed by atoms with Crippen LogP contribution in [0, 0.1) is 13.8 Å². The summed E-state index contributed by atoms with van der Waals surface area (Å²) >= 11 is 0. The molecule has 0 atom stereocenters. The summed E-state index contributed by atoms with van der Waals surface area (Å²) in [6.45, 7) is 4.07. The third kappa shape index (κ3) is 2.21. The SMILES string of the molecule is Cc1cc(N)cc(C)c1-c1cccc(C=O)c1. The molecule has 2 N–H and O–H groups in total. The van der Waals surface area contributed by atoms with Gasteiger partial charge in [-0.2, -0.15) is 0 Å². The molecule has 2 aromatic rings. The molecule has 0 unspecified atom stereocenters. The highest BCUT2D eigenvalue weighted by molar-refractivity contribution is 5.81. The molecule has 0 spiro atoms. The maximum absolute atomic E-state index is 10.8. The predicted molar refractivity (Wildman–Crippen MR) is 71.2 cm³/mol. The van der Waals surface area contributed by atoms with Crippen LogP contribution < -0.4 is 5.73 Å². The van der Waals surface area contributed by atoms with E-state index < -0.39 is 0 Å². The molecule has 2 nitrogen and oxygen atoms in total. The van der Waals surface area contributed by atoms with Crippen LogP contribution in [0.4, 0.5) is 5.69 Å². The quantitative estimate of drug-likeness (QED) is 0.629. The number of rotatable bonds is 2. The lowest BCUT2D eigenvalue weighted by Gasteiger charge is -2.11. The molecule has 86 valence electrons. The van der Waals surface area contributed by atoms with Gasteiger partial charge in [-0.1, -0.05) is 18.2 Å². The van der Waals surface area contributed by atoms with Gasteiger partial charge in [-0.3, -0.25) is 4.79 Å². The highest BCUT2D eigenvalue weighted by Gasteiger charge is 2.07. The molecule has 0 amide bonds. The first kappa shape index (κ1) is 11.4. The summed E-state index contributed by atoms with van der Waals surface area (Å²) in [6, 6.07) is 11.5. The van der Waals surface area contributed by atoms with E-state index in [4.69, 9.17) is 5.73 Å². The number of nitrogens with two attached hydrogens (primary N) is 1. The minimum atomic E-state index is 0.693. The minimum Gasteiger partial charge on any atom is -0.399 e. The normalized spacial score (nSPS) is 10.2. The van der Waals surface area contributed by atoms with E-state index in [1.165, 1.54) is 0 Å². The lowest BCUT2D eigenvalue weighted by Crippen LogP contribution is -1.93. The summed E-state index contributed by atoms with van der Waals surface area (Å²) in [5.74, 6) is 0. The van der Waals surface area contributed by atoms with Gasteiger partial charge >= 0.3 is 0 Å². The van der Waals surface area contributed by atoms with Crippen LogP contribution in [0.1, 0.15) is 21.5 Å². The van der Waals surface area contributed by atoms with Crippen LogP contribution in [0.5, 0.6) is 0 Å². The molecule has 2 aromatic carbocycles. The van der Waals surface area contributed by atoms with E-state index in [2.05, 4.69) is 0 Å². The molecule has 0 saturated heterocycles. The van der Waals surface area contributed by atoms with Gasteiger partial charge in [0.25, 0.3) is 0 Å². The van der Waals surface area contributed by atoms with Crippen molar-refractivity contribution >= 4 is 12.0 Å². The average Bonchev–Trinajstić information content (AvgIpc) is 2.28. The second-order valence-electron chi connectivity index (χ2n) is 4.27. The first-order valence-electron chi connectivity index (χ1n) is 5.54. The second-order valence-corrected chi connectivity index (χ2v) is 4.27. The van der Waals surface area contributed by atoms with Crippen molar-refractivity contribution in [2.45, 2.75) is 13.8 Å². The summed E-state index contributed by atoms with van der Waals surface area (Å²) in [5, 5.41) is 0. The van der Waals surface area contributed by atoms with Crippen LogP contribution in [0.3, 0.4) is 0 Å². The monoisotopic (exact) mass is 225 g/mol. The minimum absolute atomic E-state index is 0.693. The zero-order valence-corrected chi connectivity index (χ0v) is 10.0. The predicted octanol–water partition coefficient (Wildman–Crippen LogP) is 3.37. The number of hydrogen-bond acceptors (Lipinski definition) is 2. The lowest BCUT2D eigenvalue weighted by molar-refractivity contribution is 0.112. The number of aryl methyl sites for hydroxylation is 2. The van der Waals surface area contributed by atoms with Gasteiger partial charge in [-0.15, -0.1) is 0 Å². The fourth-order valence-electron chi connectivity index (χ4n) is 2.22. The number of carbonyl (C=O) groups is 1. The molecular weight excluding hydrogens is 210 g/mol. The van der Waals surface area contributed by atoms with Crippen molar-refractivity contribution in [2.75, 3.05) is 5.73 Å². The summed E-state index contributed by atoms with van der Waals surface area (Å²) in [6.07, 6.45) is 0.867. The van der Waals surface area contributed by atoms with Crippen LogP contribution in [-0.4, -0.2) is 6.29 Å². The van der Waals surface area contributed by atoms with Crippen molar-refractivity contribution in [2.24, 2.45) is 0 Å². The maximum atomic E-state index is 10.8. The second kappa shape index (κ2) is 4.42.